The lowest BCUT2D eigenvalue weighted by molar-refractivity contribution is -0.143. The summed E-state index contributed by atoms with van der Waals surface area (Å²) in [6, 6.07) is 0. The van der Waals surface area contributed by atoms with Gasteiger partial charge >= 0.3 is 5.97 Å². The fourth-order valence-corrected chi connectivity index (χ4v) is 3.96. The number of nitrogens with zero attached hydrogens (tertiary/aromatic N) is 2. The van der Waals surface area contributed by atoms with E-state index in [4.69, 9.17) is 5.11 Å². The van der Waals surface area contributed by atoms with Crippen LogP contribution in [0.15, 0.2) is 9.59 Å². The zero-order chi connectivity index (χ0) is 18.6. The number of hydrogen-bond donors (Lipinski definition) is 1. The van der Waals surface area contributed by atoms with Gasteiger partial charge in [-0.1, -0.05) is 13.8 Å². The Hall–Kier alpha value is -1.85. The van der Waals surface area contributed by atoms with Crippen LogP contribution >= 0.6 is 0 Å². The van der Waals surface area contributed by atoms with Gasteiger partial charge in [0, 0.05) is 26.7 Å². The predicted octanol–water partition coefficient (Wildman–Crippen LogP) is 2.24. The lowest BCUT2D eigenvalue weighted by Crippen LogP contribution is -2.47. The molecule has 0 bridgehead atoms. The van der Waals surface area contributed by atoms with Crippen molar-refractivity contribution in [2.45, 2.75) is 52.4 Å². The van der Waals surface area contributed by atoms with E-state index in [0.29, 0.717) is 36.7 Å². The van der Waals surface area contributed by atoms with Crippen LogP contribution in [0.4, 0.5) is 11.4 Å². The lowest BCUT2D eigenvalue weighted by Gasteiger charge is -2.34. The van der Waals surface area contributed by atoms with Crippen LogP contribution in [0.3, 0.4) is 0 Å². The topological polar surface area (TPSA) is 77.9 Å². The van der Waals surface area contributed by atoms with Gasteiger partial charge < -0.3 is 14.9 Å². The Labute approximate surface area is 149 Å². The van der Waals surface area contributed by atoms with Crippen molar-refractivity contribution >= 4 is 17.3 Å². The smallest absolute Gasteiger partial charge is 0.306 e. The Morgan fingerprint density at radius 3 is 2.00 bits per heavy atom. The molecule has 1 aliphatic carbocycles. The van der Waals surface area contributed by atoms with E-state index in [2.05, 4.69) is 13.8 Å². The number of carbonyl (C=O) groups is 1. The SMILES string of the molecule is CCCN(CCC)c1c(N(C)CC2CCC(C(=O)O)CC2)c(=O)c1=O. The number of aliphatic carboxylic acids is 1. The van der Waals surface area contributed by atoms with E-state index in [1.807, 2.05) is 16.8 Å². The molecule has 0 heterocycles. The second-order valence-corrected chi connectivity index (χ2v) is 7.28. The normalized spacial score (nSPS) is 20.6. The predicted molar refractivity (Wildman–Crippen MR) is 101 cm³/mol. The van der Waals surface area contributed by atoms with Crippen LogP contribution in [0.5, 0.6) is 0 Å². The maximum atomic E-state index is 12.2. The summed E-state index contributed by atoms with van der Waals surface area (Å²) < 4.78 is 0. The number of hydrogen-bond acceptors (Lipinski definition) is 5. The molecule has 1 N–H and O–H groups in total. The number of carboxylic acids is 1. The molecule has 0 spiro atoms. The van der Waals surface area contributed by atoms with Crippen LogP contribution in [0.25, 0.3) is 0 Å². The summed E-state index contributed by atoms with van der Waals surface area (Å²) in [5.41, 5.74) is 0.384. The highest BCUT2D eigenvalue weighted by atomic mass is 16.4. The third-order valence-electron chi connectivity index (χ3n) is 5.27. The summed E-state index contributed by atoms with van der Waals surface area (Å²) in [5, 5.41) is 9.10. The molecule has 1 fully saturated rings. The van der Waals surface area contributed by atoms with Crippen molar-refractivity contribution in [3.63, 3.8) is 0 Å². The highest BCUT2D eigenvalue weighted by molar-refractivity contribution is 5.76. The van der Waals surface area contributed by atoms with Gasteiger partial charge in [-0.3, -0.25) is 14.4 Å². The average Bonchev–Trinajstić information content (AvgIpc) is 2.58. The van der Waals surface area contributed by atoms with Gasteiger partial charge in [-0.2, -0.15) is 0 Å². The molecule has 6 nitrogen and oxygen atoms in total. The molecule has 0 aliphatic heterocycles. The molecule has 140 valence electrons. The van der Waals surface area contributed by atoms with Gasteiger partial charge in [0.05, 0.1) is 5.92 Å². The molecule has 0 unspecified atom stereocenters. The van der Waals surface area contributed by atoms with E-state index in [9.17, 15) is 14.4 Å². The summed E-state index contributed by atoms with van der Waals surface area (Å²) in [7, 11) is 1.87. The molecule has 1 saturated carbocycles. The molecule has 1 aromatic rings. The molecular weight excluding hydrogens is 320 g/mol. The summed E-state index contributed by atoms with van der Waals surface area (Å²) in [6.07, 6.45) is 4.98. The van der Waals surface area contributed by atoms with Crippen LogP contribution < -0.4 is 20.7 Å². The molecular formula is C19H30N2O4. The van der Waals surface area contributed by atoms with Crippen molar-refractivity contribution in [1.29, 1.82) is 0 Å². The summed E-state index contributed by atoms with van der Waals surface area (Å²) in [5.74, 6) is -0.553. The van der Waals surface area contributed by atoms with Crippen molar-refractivity contribution in [3.05, 3.63) is 20.4 Å². The van der Waals surface area contributed by atoms with Crippen molar-refractivity contribution in [3.8, 4) is 0 Å². The first-order chi connectivity index (χ1) is 11.9. The molecule has 1 aliphatic rings. The monoisotopic (exact) mass is 350 g/mol. The van der Waals surface area contributed by atoms with Gasteiger partial charge in [-0.15, -0.1) is 0 Å². The van der Waals surface area contributed by atoms with Crippen LogP contribution in [0.2, 0.25) is 0 Å². The average molecular weight is 350 g/mol. The summed E-state index contributed by atoms with van der Waals surface area (Å²) in [6.45, 7) is 6.40. The standard InChI is InChI=1S/C19H30N2O4/c1-4-10-21(11-5-2)16-15(17(22)18(16)23)20(3)12-13-6-8-14(9-7-13)19(24)25/h13-14H,4-12H2,1-3H3,(H,24,25). The zero-order valence-electron chi connectivity index (χ0n) is 15.6. The zero-order valence-corrected chi connectivity index (χ0v) is 15.6. The number of anilines is 2. The molecule has 0 amide bonds. The molecule has 6 heteroatoms. The van der Waals surface area contributed by atoms with Crippen LogP contribution in [0, 0.1) is 11.8 Å². The fraction of sp³-hybridized carbons (Fsp3) is 0.737. The Kier molecular flexibility index (Phi) is 6.62. The molecule has 2 rings (SSSR count). The van der Waals surface area contributed by atoms with Crippen molar-refractivity contribution in [1.82, 2.24) is 0 Å². The van der Waals surface area contributed by atoms with Crippen molar-refractivity contribution < 1.29 is 9.90 Å². The number of carboxylic acid groups (broad SMARTS) is 1. The highest BCUT2D eigenvalue weighted by Crippen LogP contribution is 2.31. The molecule has 0 saturated heterocycles. The Balaban J connectivity index is 2.06. The molecule has 25 heavy (non-hydrogen) atoms. The largest absolute Gasteiger partial charge is 0.481 e. The van der Waals surface area contributed by atoms with Crippen molar-refractivity contribution in [2.75, 3.05) is 36.5 Å². The Morgan fingerprint density at radius 1 is 1.00 bits per heavy atom. The van der Waals surface area contributed by atoms with Gasteiger partial charge in [0.2, 0.25) is 0 Å². The molecule has 1 aromatic carbocycles. The van der Waals surface area contributed by atoms with Crippen LogP contribution in [-0.2, 0) is 4.79 Å². The van der Waals surface area contributed by atoms with Crippen LogP contribution in [0.1, 0.15) is 52.4 Å². The third kappa shape index (κ3) is 4.22. The maximum absolute atomic E-state index is 12.2. The summed E-state index contributed by atoms with van der Waals surface area (Å²) in [4.78, 5) is 39.3. The van der Waals surface area contributed by atoms with Gasteiger partial charge in [0.15, 0.2) is 0 Å². The fourth-order valence-electron chi connectivity index (χ4n) is 3.96. The molecule has 0 radical (unpaired) electrons. The van der Waals surface area contributed by atoms with E-state index in [0.717, 1.165) is 38.8 Å². The van der Waals surface area contributed by atoms with E-state index >= 15 is 0 Å². The first kappa shape index (κ1) is 19.5. The second kappa shape index (κ2) is 8.50. The summed E-state index contributed by atoms with van der Waals surface area (Å²) >= 11 is 0. The minimum Gasteiger partial charge on any atom is -0.481 e. The quantitative estimate of drug-likeness (QED) is 0.688. The molecule has 0 aromatic heterocycles. The van der Waals surface area contributed by atoms with E-state index in [1.165, 1.54) is 0 Å². The van der Waals surface area contributed by atoms with Gasteiger partial charge in [-0.25, -0.2) is 0 Å². The highest BCUT2D eigenvalue weighted by Gasteiger charge is 2.31. The Bertz CT molecular complexity index is 649. The second-order valence-electron chi connectivity index (χ2n) is 7.28. The minimum atomic E-state index is -0.702. The number of rotatable bonds is 9. The first-order valence-electron chi connectivity index (χ1n) is 9.42. The minimum absolute atomic E-state index is 0.229. The third-order valence-corrected chi connectivity index (χ3v) is 5.27. The van der Waals surface area contributed by atoms with Crippen LogP contribution in [-0.4, -0.2) is 37.8 Å². The van der Waals surface area contributed by atoms with E-state index in [-0.39, 0.29) is 16.8 Å². The van der Waals surface area contributed by atoms with E-state index in [1.54, 1.807) is 0 Å². The van der Waals surface area contributed by atoms with Gasteiger partial charge in [-0.05, 0) is 44.4 Å². The van der Waals surface area contributed by atoms with Crippen molar-refractivity contribution in [2.24, 2.45) is 11.8 Å². The van der Waals surface area contributed by atoms with E-state index < -0.39 is 5.97 Å². The Morgan fingerprint density at radius 2 is 1.52 bits per heavy atom. The van der Waals surface area contributed by atoms with Gasteiger partial charge in [0.25, 0.3) is 10.9 Å². The lowest BCUT2D eigenvalue weighted by atomic mass is 9.82. The molecule has 0 atom stereocenters. The van der Waals surface area contributed by atoms with Gasteiger partial charge in [0.1, 0.15) is 11.4 Å². The maximum Gasteiger partial charge on any atom is 0.306 e. The first-order valence-corrected chi connectivity index (χ1v) is 9.42.